The van der Waals surface area contributed by atoms with Gasteiger partial charge in [0.15, 0.2) is 0 Å². The zero-order valence-corrected chi connectivity index (χ0v) is 16.8. The SMILES string of the molecule is CCCCCCCCCCCCCCCCCCC(=O)OCCC. The van der Waals surface area contributed by atoms with Gasteiger partial charge in [-0.2, -0.15) is 0 Å². The van der Waals surface area contributed by atoms with Crippen molar-refractivity contribution >= 4 is 5.97 Å². The average Bonchev–Trinajstić information content (AvgIpc) is 2.59. The summed E-state index contributed by atoms with van der Waals surface area (Å²) in [6.45, 7) is 4.89. The summed E-state index contributed by atoms with van der Waals surface area (Å²) in [5.74, 6) is -0.0118. The molecule has 2 nitrogen and oxygen atoms in total. The molecule has 2 heteroatoms. The van der Waals surface area contributed by atoms with Crippen LogP contribution in [0.5, 0.6) is 0 Å². The topological polar surface area (TPSA) is 26.3 Å². The summed E-state index contributed by atoms with van der Waals surface area (Å²) in [6.07, 6.45) is 23.4. The van der Waals surface area contributed by atoms with Crippen LogP contribution in [0.3, 0.4) is 0 Å². The molecule has 0 bridgehead atoms. The van der Waals surface area contributed by atoms with Crippen molar-refractivity contribution in [3.8, 4) is 0 Å². The van der Waals surface area contributed by atoms with Crippen LogP contribution in [0.1, 0.15) is 129 Å². The predicted molar refractivity (Wildman–Crippen MR) is 105 cm³/mol. The van der Waals surface area contributed by atoms with Crippen molar-refractivity contribution in [3.05, 3.63) is 0 Å². The van der Waals surface area contributed by atoms with Gasteiger partial charge in [0, 0.05) is 6.42 Å². The molecule has 0 aromatic heterocycles. The Labute approximate surface area is 152 Å². The Balaban J connectivity index is 3.04. The number of esters is 1. The molecule has 0 radical (unpaired) electrons. The molecule has 144 valence electrons. The van der Waals surface area contributed by atoms with Crippen LogP contribution in [0, 0.1) is 0 Å². The Morgan fingerprint density at radius 2 is 0.917 bits per heavy atom. The fraction of sp³-hybridized carbons (Fsp3) is 0.955. The molecular formula is C22H44O2. The van der Waals surface area contributed by atoms with Crippen LogP contribution in [0.25, 0.3) is 0 Å². The maximum Gasteiger partial charge on any atom is 0.305 e. The third-order valence-electron chi connectivity index (χ3n) is 4.70. The van der Waals surface area contributed by atoms with E-state index < -0.39 is 0 Å². The second-order valence-electron chi connectivity index (χ2n) is 7.27. The maximum atomic E-state index is 11.3. The Morgan fingerprint density at radius 1 is 0.542 bits per heavy atom. The molecular weight excluding hydrogens is 296 g/mol. The van der Waals surface area contributed by atoms with E-state index >= 15 is 0 Å². The Kier molecular flexibility index (Phi) is 20.1. The Morgan fingerprint density at radius 3 is 1.29 bits per heavy atom. The lowest BCUT2D eigenvalue weighted by Gasteiger charge is -2.04. The molecule has 0 rings (SSSR count). The zero-order valence-electron chi connectivity index (χ0n) is 16.8. The third-order valence-corrected chi connectivity index (χ3v) is 4.70. The van der Waals surface area contributed by atoms with Crippen molar-refractivity contribution in [1.29, 1.82) is 0 Å². The summed E-state index contributed by atoms with van der Waals surface area (Å²) < 4.78 is 5.08. The molecule has 0 aromatic rings. The molecule has 0 saturated heterocycles. The summed E-state index contributed by atoms with van der Waals surface area (Å²) >= 11 is 0. The first kappa shape index (κ1) is 23.5. The Bertz CT molecular complexity index is 250. The van der Waals surface area contributed by atoms with Gasteiger partial charge >= 0.3 is 5.97 Å². The molecule has 0 N–H and O–H groups in total. The fourth-order valence-electron chi connectivity index (χ4n) is 3.11. The second kappa shape index (κ2) is 20.5. The number of rotatable bonds is 19. The highest BCUT2D eigenvalue weighted by Crippen LogP contribution is 2.14. The average molecular weight is 341 g/mol. The van der Waals surface area contributed by atoms with E-state index in [0.717, 1.165) is 12.8 Å². The van der Waals surface area contributed by atoms with Crippen LogP contribution < -0.4 is 0 Å². The first-order chi connectivity index (χ1) is 11.8. The lowest BCUT2D eigenvalue weighted by Crippen LogP contribution is -2.04. The summed E-state index contributed by atoms with van der Waals surface area (Å²) in [5, 5.41) is 0. The number of hydrogen-bond acceptors (Lipinski definition) is 2. The van der Waals surface area contributed by atoms with Crippen molar-refractivity contribution < 1.29 is 9.53 Å². The molecule has 0 unspecified atom stereocenters. The molecule has 0 aromatic carbocycles. The molecule has 0 heterocycles. The van der Waals surface area contributed by atoms with E-state index in [9.17, 15) is 4.79 Å². The quantitative estimate of drug-likeness (QED) is 0.179. The van der Waals surface area contributed by atoms with Crippen molar-refractivity contribution in [2.24, 2.45) is 0 Å². The molecule has 0 aliphatic heterocycles. The van der Waals surface area contributed by atoms with Gasteiger partial charge in [0.2, 0.25) is 0 Å². The van der Waals surface area contributed by atoms with Gasteiger partial charge in [-0.3, -0.25) is 4.79 Å². The lowest BCUT2D eigenvalue weighted by atomic mass is 10.0. The minimum atomic E-state index is -0.0118. The number of hydrogen-bond donors (Lipinski definition) is 0. The largest absolute Gasteiger partial charge is 0.466 e. The van der Waals surface area contributed by atoms with Crippen LogP contribution >= 0.6 is 0 Å². The summed E-state index contributed by atoms with van der Waals surface area (Å²) in [5.41, 5.74) is 0. The van der Waals surface area contributed by atoms with E-state index in [2.05, 4.69) is 6.92 Å². The molecule has 24 heavy (non-hydrogen) atoms. The van der Waals surface area contributed by atoms with Crippen LogP contribution in [-0.2, 0) is 9.53 Å². The fourth-order valence-corrected chi connectivity index (χ4v) is 3.11. The maximum absolute atomic E-state index is 11.3. The highest BCUT2D eigenvalue weighted by atomic mass is 16.5. The molecule has 0 aliphatic carbocycles. The van der Waals surface area contributed by atoms with Crippen LogP contribution in [-0.4, -0.2) is 12.6 Å². The highest BCUT2D eigenvalue weighted by molar-refractivity contribution is 5.69. The van der Waals surface area contributed by atoms with Crippen LogP contribution in [0.15, 0.2) is 0 Å². The van der Waals surface area contributed by atoms with Gasteiger partial charge in [0.05, 0.1) is 6.61 Å². The van der Waals surface area contributed by atoms with E-state index in [1.54, 1.807) is 0 Å². The first-order valence-electron chi connectivity index (χ1n) is 11.0. The molecule has 0 amide bonds. The monoisotopic (exact) mass is 340 g/mol. The minimum Gasteiger partial charge on any atom is -0.466 e. The number of unbranched alkanes of at least 4 members (excludes halogenated alkanes) is 15. The van der Waals surface area contributed by atoms with E-state index in [-0.39, 0.29) is 5.97 Å². The van der Waals surface area contributed by atoms with Gasteiger partial charge < -0.3 is 4.74 Å². The van der Waals surface area contributed by atoms with E-state index in [0.29, 0.717) is 13.0 Å². The van der Waals surface area contributed by atoms with E-state index in [4.69, 9.17) is 4.74 Å². The second-order valence-corrected chi connectivity index (χ2v) is 7.27. The molecule has 0 atom stereocenters. The summed E-state index contributed by atoms with van der Waals surface area (Å²) in [7, 11) is 0. The smallest absolute Gasteiger partial charge is 0.305 e. The van der Waals surface area contributed by atoms with Crippen LogP contribution in [0.4, 0.5) is 0 Å². The van der Waals surface area contributed by atoms with Gasteiger partial charge in [-0.1, -0.05) is 110 Å². The highest BCUT2D eigenvalue weighted by Gasteiger charge is 2.01. The van der Waals surface area contributed by atoms with Crippen molar-refractivity contribution in [1.82, 2.24) is 0 Å². The van der Waals surface area contributed by atoms with Gasteiger partial charge in [-0.05, 0) is 12.8 Å². The Hall–Kier alpha value is -0.530. The molecule has 0 saturated carbocycles. The number of carbonyl (C=O) groups excluding carboxylic acids is 1. The predicted octanol–water partition coefficient (Wildman–Crippen LogP) is 7.59. The summed E-state index contributed by atoms with van der Waals surface area (Å²) in [6, 6.07) is 0. The van der Waals surface area contributed by atoms with Crippen molar-refractivity contribution in [2.45, 2.75) is 129 Å². The van der Waals surface area contributed by atoms with Gasteiger partial charge in [-0.15, -0.1) is 0 Å². The third kappa shape index (κ3) is 19.5. The molecule has 0 aliphatic rings. The standard InChI is InChI=1S/C22H44O2/c1-3-5-6-7-8-9-10-11-12-13-14-15-16-17-18-19-20-22(23)24-21-4-2/h3-21H2,1-2H3. The van der Waals surface area contributed by atoms with Gasteiger partial charge in [0.25, 0.3) is 0 Å². The lowest BCUT2D eigenvalue weighted by molar-refractivity contribution is -0.143. The van der Waals surface area contributed by atoms with Crippen molar-refractivity contribution in [3.63, 3.8) is 0 Å². The summed E-state index contributed by atoms with van der Waals surface area (Å²) in [4.78, 5) is 11.3. The minimum absolute atomic E-state index is 0.0118. The zero-order chi connectivity index (χ0) is 17.7. The van der Waals surface area contributed by atoms with E-state index in [1.807, 2.05) is 6.92 Å². The van der Waals surface area contributed by atoms with Gasteiger partial charge in [-0.25, -0.2) is 0 Å². The van der Waals surface area contributed by atoms with E-state index in [1.165, 1.54) is 96.3 Å². The number of ether oxygens (including phenoxy) is 1. The first-order valence-corrected chi connectivity index (χ1v) is 11.0. The normalized spacial score (nSPS) is 10.9. The van der Waals surface area contributed by atoms with Crippen molar-refractivity contribution in [2.75, 3.05) is 6.61 Å². The van der Waals surface area contributed by atoms with Crippen LogP contribution in [0.2, 0.25) is 0 Å². The molecule has 0 spiro atoms. The molecule has 0 fully saturated rings. The van der Waals surface area contributed by atoms with Gasteiger partial charge in [0.1, 0.15) is 0 Å². The number of carbonyl (C=O) groups is 1.